The van der Waals surface area contributed by atoms with Gasteiger partial charge in [-0.1, -0.05) is 0 Å². The van der Waals surface area contributed by atoms with E-state index in [9.17, 15) is 9.18 Å². The van der Waals surface area contributed by atoms with E-state index in [1.165, 1.54) is 26.4 Å². The molecule has 1 aliphatic rings. The number of methoxy groups -OCH3 is 2. The number of nitrogens with two attached hydrogens (primary N) is 1. The molecular formula is C14H20ClFN2O3. The van der Waals surface area contributed by atoms with Crippen LogP contribution in [0, 0.1) is 5.82 Å². The summed E-state index contributed by atoms with van der Waals surface area (Å²) in [6.07, 6.45) is 1.33. The Morgan fingerprint density at radius 3 is 2.33 bits per heavy atom. The first-order chi connectivity index (χ1) is 9.41. The van der Waals surface area contributed by atoms with E-state index < -0.39 is 17.4 Å². The molecule has 1 aromatic carbocycles. The predicted molar refractivity (Wildman–Crippen MR) is 79.5 cm³/mol. The first-order valence-electron chi connectivity index (χ1n) is 6.42. The van der Waals surface area contributed by atoms with Crippen LogP contribution >= 0.6 is 12.4 Å². The van der Waals surface area contributed by atoms with Crippen LogP contribution in [0.15, 0.2) is 12.1 Å². The topological polar surface area (TPSA) is 73.6 Å². The summed E-state index contributed by atoms with van der Waals surface area (Å²) in [4.78, 5) is 11.9. The second-order valence-electron chi connectivity index (χ2n) is 5.08. The van der Waals surface area contributed by atoms with E-state index in [0.717, 1.165) is 0 Å². The van der Waals surface area contributed by atoms with Crippen molar-refractivity contribution in [2.24, 2.45) is 5.73 Å². The Labute approximate surface area is 129 Å². The van der Waals surface area contributed by atoms with E-state index in [2.05, 4.69) is 5.32 Å². The molecule has 0 bridgehead atoms. The van der Waals surface area contributed by atoms with Crippen molar-refractivity contribution in [2.75, 3.05) is 14.2 Å². The average Bonchev–Trinajstić information content (AvgIpc) is 3.17. The lowest BCUT2D eigenvalue weighted by molar-refractivity contribution is -0.123. The van der Waals surface area contributed by atoms with Gasteiger partial charge in [0.25, 0.3) is 0 Å². The summed E-state index contributed by atoms with van der Waals surface area (Å²) in [6.45, 7) is 1.70. The van der Waals surface area contributed by atoms with Crippen molar-refractivity contribution in [2.45, 2.75) is 31.3 Å². The van der Waals surface area contributed by atoms with Gasteiger partial charge in [0.15, 0.2) is 11.5 Å². The van der Waals surface area contributed by atoms with Gasteiger partial charge in [0.2, 0.25) is 5.91 Å². The Hall–Kier alpha value is -1.53. The number of halogens is 2. The molecule has 0 spiro atoms. The zero-order valence-corrected chi connectivity index (χ0v) is 13.1. The normalized spacial score (nSPS) is 16.4. The molecule has 1 unspecified atom stereocenters. The lowest BCUT2D eigenvalue weighted by atomic mass is 10.1. The highest BCUT2D eigenvalue weighted by atomic mass is 35.5. The van der Waals surface area contributed by atoms with Crippen LogP contribution in [0.2, 0.25) is 0 Å². The summed E-state index contributed by atoms with van der Waals surface area (Å²) >= 11 is 0. The largest absolute Gasteiger partial charge is 0.493 e. The fourth-order valence-corrected chi connectivity index (χ4v) is 1.98. The number of hydrogen-bond donors (Lipinski definition) is 2. The lowest BCUT2D eigenvalue weighted by Crippen LogP contribution is -2.43. The zero-order valence-electron chi connectivity index (χ0n) is 12.2. The Morgan fingerprint density at radius 2 is 1.86 bits per heavy atom. The highest BCUT2D eigenvalue weighted by molar-refractivity contribution is 5.89. The van der Waals surface area contributed by atoms with Crippen LogP contribution in [-0.4, -0.2) is 25.7 Å². The van der Waals surface area contributed by atoms with Crippen LogP contribution in [-0.2, 0) is 4.79 Å². The summed E-state index contributed by atoms with van der Waals surface area (Å²) < 4.78 is 24.2. The Bertz CT molecular complexity index is 535. The molecule has 1 aliphatic carbocycles. The summed E-state index contributed by atoms with van der Waals surface area (Å²) in [6, 6.07) is 2.27. The van der Waals surface area contributed by atoms with Gasteiger partial charge < -0.3 is 20.5 Å². The third-order valence-corrected chi connectivity index (χ3v) is 3.56. The van der Waals surface area contributed by atoms with Crippen LogP contribution < -0.4 is 20.5 Å². The van der Waals surface area contributed by atoms with Crippen LogP contribution in [0.25, 0.3) is 0 Å². The fourth-order valence-electron chi connectivity index (χ4n) is 1.98. The van der Waals surface area contributed by atoms with Gasteiger partial charge >= 0.3 is 0 Å². The van der Waals surface area contributed by atoms with Crippen molar-refractivity contribution in [1.29, 1.82) is 0 Å². The Balaban J connectivity index is 0.00000220. The molecule has 0 aromatic heterocycles. The molecule has 1 amide bonds. The van der Waals surface area contributed by atoms with E-state index in [0.29, 0.717) is 29.9 Å². The molecule has 21 heavy (non-hydrogen) atoms. The van der Waals surface area contributed by atoms with Crippen molar-refractivity contribution in [3.63, 3.8) is 0 Å². The maximum atomic E-state index is 14.0. The summed E-state index contributed by atoms with van der Waals surface area (Å²) in [7, 11) is 2.91. The highest BCUT2D eigenvalue weighted by Gasteiger charge is 2.46. The molecule has 1 fully saturated rings. The van der Waals surface area contributed by atoms with Crippen molar-refractivity contribution in [3.05, 3.63) is 23.5 Å². The molecule has 3 N–H and O–H groups in total. The minimum atomic E-state index is -0.776. The summed E-state index contributed by atoms with van der Waals surface area (Å²) in [5, 5.41) is 2.73. The molecule has 2 rings (SSSR count). The number of carbonyl (C=O) groups excluding carboxylic acids is 1. The van der Waals surface area contributed by atoms with E-state index in [1.807, 2.05) is 0 Å². The molecule has 7 heteroatoms. The molecule has 118 valence electrons. The van der Waals surface area contributed by atoms with Crippen molar-refractivity contribution < 1.29 is 18.7 Å². The predicted octanol–water partition coefficient (Wildman–Crippen LogP) is 1.93. The molecular weight excluding hydrogens is 299 g/mol. The van der Waals surface area contributed by atoms with Gasteiger partial charge in [-0.15, -0.1) is 12.4 Å². The maximum absolute atomic E-state index is 14.0. The molecule has 1 saturated carbocycles. The molecule has 0 heterocycles. The van der Waals surface area contributed by atoms with Gasteiger partial charge in [0, 0.05) is 11.6 Å². The molecule has 0 aliphatic heterocycles. The van der Waals surface area contributed by atoms with Gasteiger partial charge in [-0.2, -0.15) is 0 Å². The molecule has 1 atom stereocenters. The third kappa shape index (κ3) is 3.57. The summed E-state index contributed by atoms with van der Waals surface area (Å²) in [5.74, 6) is 0.0140. The molecule has 5 nitrogen and oxygen atoms in total. The standard InChI is InChI=1S/C14H19FN2O3.ClH/c1-8(17-13(18)14(16)4-5-14)9-6-11(19-2)12(20-3)7-10(9)15;/h6-8H,4-5,16H2,1-3H3,(H,17,18);1H. The fraction of sp³-hybridized carbons (Fsp3) is 0.500. The van der Waals surface area contributed by atoms with Gasteiger partial charge in [-0.05, 0) is 25.8 Å². The van der Waals surface area contributed by atoms with Crippen molar-refractivity contribution >= 4 is 18.3 Å². The quantitative estimate of drug-likeness (QED) is 0.870. The first-order valence-corrected chi connectivity index (χ1v) is 6.42. The smallest absolute Gasteiger partial charge is 0.240 e. The number of benzene rings is 1. The second-order valence-corrected chi connectivity index (χ2v) is 5.08. The van der Waals surface area contributed by atoms with E-state index >= 15 is 0 Å². The number of ether oxygens (including phenoxy) is 2. The van der Waals surface area contributed by atoms with E-state index in [-0.39, 0.29) is 18.3 Å². The van der Waals surface area contributed by atoms with E-state index in [4.69, 9.17) is 15.2 Å². The maximum Gasteiger partial charge on any atom is 0.240 e. The van der Waals surface area contributed by atoms with Gasteiger partial charge in [0.1, 0.15) is 5.82 Å². The van der Waals surface area contributed by atoms with Crippen LogP contribution in [0.1, 0.15) is 31.4 Å². The van der Waals surface area contributed by atoms with Crippen molar-refractivity contribution in [1.82, 2.24) is 5.32 Å². The van der Waals surface area contributed by atoms with Gasteiger partial charge in [0.05, 0.1) is 25.8 Å². The Morgan fingerprint density at radius 1 is 1.33 bits per heavy atom. The summed E-state index contributed by atoms with van der Waals surface area (Å²) in [5.41, 5.74) is 5.36. The highest BCUT2D eigenvalue weighted by Crippen LogP contribution is 2.35. The average molecular weight is 319 g/mol. The SMILES string of the molecule is COc1cc(F)c(C(C)NC(=O)C2(N)CC2)cc1OC.Cl. The molecule has 0 radical (unpaired) electrons. The van der Waals surface area contributed by atoms with Crippen LogP contribution in [0.4, 0.5) is 4.39 Å². The number of nitrogens with one attached hydrogen (secondary N) is 1. The third-order valence-electron chi connectivity index (χ3n) is 3.56. The van der Waals surface area contributed by atoms with Gasteiger partial charge in [-0.25, -0.2) is 4.39 Å². The van der Waals surface area contributed by atoms with E-state index in [1.54, 1.807) is 6.92 Å². The number of amides is 1. The minimum Gasteiger partial charge on any atom is -0.493 e. The zero-order chi connectivity index (χ0) is 14.9. The van der Waals surface area contributed by atoms with Crippen molar-refractivity contribution in [3.8, 4) is 11.5 Å². The monoisotopic (exact) mass is 318 g/mol. The molecule has 1 aromatic rings. The first kappa shape index (κ1) is 17.5. The van der Waals surface area contributed by atoms with Crippen LogP contribution in [0.3, 0.4) is 0 Å². The second kappa shape index (κ2) is 6.49. The minimum absolute atomic E-state index is 0. The molecule has 0 saturated heterocycles. The number of hydrogen-bond acceptors (Lipinski definition) is 4. The van der Waals surface area contributed by atoms with Gasteiger partial charge in [-0.3, -0.25) is 4.79 Å². The number of rotatable bonds is 5. The van der Waals surface area contributed by atoms with Crippen LogP contribution in [0.5, 0.6) is 11.5 Å². The lowest BCUT2D eigenvalue weighted by Gasteiger charge is -2.19. The Kier molecular flexibility index (Phi) is 5.42. The number of carbonyl (C=O) groups is 1.